The van der Waals surface area contributed by atoms with E-state index in [2.05, 4.69) is 27.1 Å². The van der Waals surface area contributed by atoms with E-state index in [1.807, 2.05) is 49.1 Å². The lowest BCUT2D eigenvalue weighted by molar-refractivity contribution is 0.0912. The summed E-state index contributed by atoms with van der Waals surface area (Å²) in [6.07, 6.45) is 5.93. The first-order valence-corrected chi connectivity index (χ1v) is 8.79. The summed E-state index contributed by atoms with van der Waals surface area (Å²) in [5, 5.41) is 3.19. The van der Waals surface area contributed by atoms with Crippen molar-refractivity contribution >= 4 is 5.91 Å². The molecule has 2 heterocycles. The number of carbonyl (C=O) groups excluding carboxylic acids is 1. The van der Waals surface area contributed by atoms with Gasteiger partial charge in [-0.3, -0.25) is 4.79 Å². The maximum Gasteiger partial charge on any atom is 0.253 e. The summed E-state index contributed by atoms with van der Waals surface area (Å²) in [5.41, 5.74) is 2.53. The van der Waals surface area contributed by atoms with Gasteiger partial charge in [-0.1, -0.05) is 12.1 Å². The number of para-hydroxylation sites is 1. The third-order valence-corrected chi connectivity index (χ3v) is 4.50. The molecule has 1 N–H and O–H groups in total. The zero-order valence-corrected chi connectivity index (χ0v) is 15.3. The van der Waals surface area contributed by atoms with Crippen molar-refractivity contribution < 1.29 is 4.79 Å². The predicted octanol–water partition coefficient (Wildman–Crippen LogP) is 1.76. The third-order valence-electron chi connectivity index (χ3n) is 4.50. The van der Waals surface area contributed by atoms with Gasteiger partial charge in [0.15, 0.2) is 0 Å². The Hall–Kier alpha value is -2.18. The molecule has 0 unspecified atom stereocenters. The Morgan fingerprint density at radius 3 is 2.92 bits per heavy atom. The van der Waals surface area contributed by atoms with Crippen LogP contribution in [0.2, 0.25) is 0 Å². The minimum Gasteiger partial charge on any atom is -0.348 e. The van der Waals surface area contributed by atoms with E-state index in [1.54, 1.807) is 6.33 Å². The average molecular weight is 341 g/mol. The van der Waals surface area contributed by atoms with Gasteiger partial charge in [-0.15, -0.1) is 0 Å². The van der Waals surface area contributed by atoms with Crippen LogP contribution in [-0.2, 0) is 6.54 Å². The zero-order valence-electron chi connectivity index (χ0n) is 15.3. The van der Waals surface area contributed by atoms with Crippen molar-refractivity contribution in [1.29, 1.82) is 0 Å². The maximum atomic E-state index is 12.8. The van der Waals surface area contributed by atoms with E-state index >= 15 is 0 Å². The Kier molecular flexibility index (Phi) is 5.50. The Morgan fingerprint density at radius 2 is 2.16 bits per heavy atom. The Morgan fingerprint density at radius 1 is 1.36 bits per heavy atom. The van der Waals surface area contributed by atoms with Gasteiger partial charge in [0.25, 0.3) is 5.91 Å². The Bertz CT molecular complexity index is 724. The molecule has 0 radical (unpaired) electrons. The van der Waals surface area contributed by atoms with Crippen LogP contribution < -0.4 is 5.32 Å². The van der Waals surface area contributed by atoms with Crippen LogP contribution in [0.1, 0.15) is 28.9 Å². The molecule has 0 aliphatic carbocycles. The number of piperidine rings is 1. The van der Waals surface area contributed by atoms with Crippen LogP contribution >= 0.6 is 0 Å². The molecule has 3 rings (SSSR count). The molecular formula is C19H27N5O. The fourth-order valence-electron chi connectivity index (χ4n) is 3.34. The number of likely N-dealkylation sites (tertiary alicyclic amines) is 1. The van der Waals surface area contributed by atoms with Crippen molar-refractivity contribution in [2.45, 2.75) is 25.4 Å². The highest BCUT2D eigenvalue weighted by atomic mass is 16.1. The van der Waals surface area contributed by atoms with Crippen molar-refractivity contribution in [1.82, 2.24) is 24.7 Å². The average Bonchev–Trinajstić information content (AvgIpc) is 3.02. The lowest BCUT2D eigenvalue weighted by Gasteiger charge is -2.30. The van der Waals surface area contributed by atoms with Gasteiger partial charge < -0.3 is 19.7 Å². The molecule has 1 saturated heterocycles. The molecule has 0 spiro atoms. The summed E-state index contributed by atoms with van der Waals surface area (Å²) in [5.74, 6) is -0.0150. The quantitative estimate of drug-likeness (QED) is 0.900. The van der Waals surface area contributed by atoms with Crippen LogP contribution in [0.3, 0.4) is 0 Å². The number of aromatic nitrogens is 2. The van der Waals surface area contributed by atoms with Gasteiger partial charge >= 0.3 is 0 Å². The molecule has 1 fully saturated rings. The molecule has 1 atom stereocenters. The second-order valence-electron chi connectivity index (χ2n) is 7.10. The van der Waals surface area contributed by atoms with Crippen molar-refractivity contribution in [3.63, 3.8) is 0 Å². The lowest BCUT2D eigenvalue weighted by Crippen LogP contribution is -2.46. The van der Waals surface area contributed by atoms with E-state index in [4.69, 9.17) is 0 Å². The second-order valence-corrected chi connectivity index (χ2v) is 7.10. The first-order chi connectivity index (χ1) is 12.0. The van der Waals surface area contributed by atoms with Crippen LogP contribution in [0.4, 0.5) is 0 Å². The van der Waals surface area contributed by atoms with Crippen LogP contribution in [0, 0.1) is 0 Å². The molecule has 6 heteroatoms. The largest absolute Gasteiger partial charge is 0.348 e. The SMILES string of the molecule is CN(C)Cc1cn(-c2ccccc2C(=O)N[C@H]2CCCN(C)C2)cn1. The van der Waals surface area contributed by atoms with E-state index in [0.717, 1.165) is 43.9 Å². The summed E-state index contributed by atoms with van der Waals surface area (Å²) >= 11 is 0. The molecule has 1 aromatic carbocycles. The third kappa shape index (κ3) is 4.46. The van der Waals surface area contributed by atoms with Crippen LogP contribution in [-0.4, -0.2) is 65.5 Å². The molecule has 2 aromatic rings. The van der Waals surface area contributed by atoms with E-state index in [1.165, 1.54) is 0 Å². The maximum absolute atomic E-state index is 12.8. The Labute approximate surface area is 149 Å². The van der Waals surface area contributed by atoms with Crippen LogP contribution in [0.5, 0.6) is 0 Å². The minimum absolute atomic E-state index is 0.0150. The van der Waals surface area contributed by atoms with Crippen LogP contribution in [0.25, 0.3) is 5.69 Å². The molecule has 1 aromatic heterocycles. The van der Waals surface area contributed by atoms with Gasteiger partial charge in [-0.25, -0.2) is 4.98 Å². The topological polar surface area (TPSA) is 53.4 Å². The van der Waals surface area contributed by atoms with Gasteiger partial charge in [-0.05, 0) is 52.7 Å². The number of rotatable bonds is 5. The number of hydrogen-bond acceptors (Lipinski definition) is 4. The molecular weight excluding hydrogens is 314 g/mol. The number of nitrogens with zero attached hydrogens (tertiary/aromatic N) is 4. The van der Waals surface area contributed by atoms with E-state index < -0.39 is 0 Å². The molecule has 25 heavy (non-hydrogen) atoms. The number of amides is 1. The Balaban J connectivity index is 1.78. The highest BCUT2D eigenvalue weighted by Crippen LogP contribution is 2.17. The number of likely N-dealkylation sites (N-methyl/N-ethyl adjacent to an activating group) is 1. The number of nitrogens with one attached hydrogen (secondary N) is 1. The lowest BCUT2D eigenvalue weighted by atomic mass is 10.1. The molecule has 0 bridgehead atoms. The molecule has 0 saturated carbocycles. The number of carbonyl (C=O) groups is 1. The standard InChI is InChI=1S/C19H27N5O/c1-22(2)11-16-13-24(14-20-16)18-9-5-4-8-17(18)19(25)21-15-7-6-10-23(3)12-15/h4-5,8-9,13-15H,6-7,10-12H2,1-3H3,(H,21,25)/t15-/m0/s1. The first kappa shape index (κ1) is 17.6. The van der Waals surface area contributed by atoms with E-state index in [9.17, 15) is 4.79 Å². The van der Waals surface area contributed by atoms with Crippen LogP contribution in [0.15, 0.2) is 36.8 Å². The molecule has 1 amide bonds. The van der Waals surface area contributed by atoms with E-state index in [-0.39, 0.29) is 11.9 Å². The van der Waals surface area contributed by atoms with Gasteiger partial charge in [0.1, 0.15) is 0 Å². The smallest absolute Gasteiger partial charge is 0.253 e. The minimum atomic E-state index is -0.0150. The van der Waals surface area contributed by atoms with Gasteiger partial charge in [0.2, 0.25) is 0 Å². The summed E-state index contributed by atoms with van der Waals surface area (Å²) in [6.45, 7) is 2.79. The first-order valence-electron chi connectivity index (χ1n) is 8.79. The molecule has 1 aliphatic rings. The van der Waals surface area contributed by atoms with Crippen molar-refractivity contribution in [2.75, 3.05) is 34.2 Å². The number of hydrogen-bond donors (Lipinski definition) is 1. The summed E-state index contributed by atoms with van der Waals surface area (Å²) in [7, 11) is 6.13. The molecule has 134 valence electrons. The number of benzene rings is 1. The fourth-order valence-corrected chi connectivity index (χ4v) is 3.34. The van der Waals surface area contributed by atoms with Gasteiger partial charge in [-0.2, -0.15) is 0 Å². The summed E-state index contributed by atoms with van der Waals surface area (Å²) < 4.78 is 1.93. The predicted molar refractivity (Wildman–Crippen MR) is 98.9 cm³/mol. The zero-order chi connectivity index (χ0) is 17.8. The number of imidazole rings is 1. The second kappa shape index (κ2) is 7.80. The highest BCUT2D eigenvalue weighted by Gasteiger charge is 2.21. The van der Waals surface area contributed by atoms with Crippen molar-refractivity contribution in [3.05, 3.63) is 48.0 Å². The monoisotopic (exact) mass is 341 g/mol. The fraction of sp³-hybridized carbons (Fsp3) is 0.474. The summed E-state index contributed by atoms with van der Waals surface area (Å²) in [6, 6.07) is 7.91. The van der Waals surface area contributed by atoms with Gasteiger partial charge in [0.05, 0.1) is 23.3 Å². The summed E-state index contributed by atoms with van der Waals surface area (Å²) in [4.78, 5) is 21.6. The van der Waals surface area contributed by atoms with E-state index in [0.29, 0.717) is 5.56 Å². The molecule has 6 nitrogen and oxygen atoms in total. The molecule has 1 aliphatic heterocycles. The highest BCUT2D eigenvalue weighted by molar-refractivity contribution is 5.98. The van der Waals surface area contributed by atoms with Gasteiger partial charge in [0, 0.05) is 25.3 Å². The normalized spacial score (nSPS) is 18.5. The van der Waals surface area contributed by atoms with Crippen molar-refractivity contribution in [2.24, 2.45) is 0 Å². The van der Waals surface area contributed by atoms with Crippen molar-refractivity contribution in [3.8, 4) is 5.69 Å².